The van der Waals surface area contributed by atoms with Gasteiger partial charge in [-0.15, -0.1) is 24.0 Å². The van der Waals surface area contributed by atoms with Gasteiger partial charge in [0.1, 0.15) is 5.75 Å². The highest BCUT2D eigenvalue weighted by atomic mass is 127. The molecule has 0 aliphatic carbocycles. The van der Waals surface area contributed by atoms with Crippen LogP contribution < -0.4 is 15.4 Å². The molecule has 21 heavy (non-hydrogen) atoms. The highest BCUT2D eigenvalue weighted by molar-refractivity contribution is 14.0. The Bertz CT molecular complexity index is 422. The van der Waals surface area contributed by atoms with Crippen LogP contribution in [0.5, 0.6) is 5.75 Å². The van der Waals surface area contributed by atoms with Crippen molar-refractivity contribution in [3.8, 4) is 5.75 Å². The molecule has 5 heteroatoms. The maximum atomic E-state index is 5.75. The van der Waals surface area contributed by atoms with Crippen molar-refractivity contribution < 1.29 is 4.74 Å². The van der Waals surface area contributed by atoms with Crippen LogP contribution in [0.25, 0.3) is 0 Å². The molecular formula is C16H28IN3O. The average Bonchev–Trinajstić information content (AvgIpc) is 2.40. The van der Waals surface area contributed by atoms with Gasteiger partial charge in [-0.2, -0.15) is 0 Å². The van der Waals surface area contributed by atoms with E-state index in [0.717, 1.165) is 31.2 Å². The number of guanidine groups is 1. The maximum Gasteiger partial charge on any atom is 0.191 e. The van der Waals surface area contributed by atoms with E-state index in [4.69, 9.17) is 4.74 Å². The fourth-order valence-corrected chi connectivity index (χ4v) is 1.75. The number of nitrogens with one attached hydrogen (secondary N) is 2. The molecule has 0 unspecified atom stereocenters. The molecule has 0 radical (unpaired) electrons. The minimum Gasteiger partial charge on any atom is -0.493 e. The van der Waals surface area contributed by atoms with Crippen molar-refractivity contribution >= 4 is 29.9 Å². The smallest absolute Gasteiger partial charge is 0.191 e. The number of para-hydroxylation sites is 1. The molecule has 0 aliphatic rings. The third-order valence-electron chi connectivity index (χ3n) is 2.69. The SMILES string of the molecule is CCNC(=NCCCOc1ccccc1C)NC(C)C.I. The number of benzene rings is 1. The molecule has 1 aromatic carbocycles. The van der Waals surface area contributed by atoms with Gasteiger partial charge in [-0.25, -0.2) is 0 Å². The molecule has 0 heterocycles. The van der Waals surface area contributed by atoms with Crippen LogP contribution in [0.3, 0.4) is 0 Å². The highest BCUT2D eigenvalue weighted by Crippen LogP contribution is 2.15. The molecule has 0 aromatic heterocycles. The molecule has 0 bridgehead atoms. The first kappa shape index (κ1) is 20.0. The summed E-state index contributed by atoms with van der Waals surface area (Å²) in [6.45, 7) is 10.7. The first-order valence-corrected chi connectivity index (χ1v) is 7.36. The number of hydrogen-bond acceptors (Lipinski definition) is 2. The average molecular weight is 405 g/mol. The highest BCUT2D eigenvalue weighted by Gasteiger charge is 2.00. The molecule has 0 fully saturated rings. The summed E-state index contributed by atoms with van der Waals surface area (Å²) in [5.41, 5.74) is 1.17. The zero-order valence-electron chi connectivity index (χ0n) is 13.5. The fourth-order valence-electron chi connectivity index (χ4n) is 1.75. The topological polar surface area (TPSA) is 45.7 Å². The molecule has 0 atom stereocenters. The van der Waals surface area contributed by atoms with Crippen LogP contribution in [-0.2, 0) is 0 Å². The van der Waals surface area contributed by atoms with Gasteiger partial charge in [-0.3, -0.25) is 4.99 Å². The lowest BCUT2D eigenvalue weighted by Crippen LogP contribution is -2.41. The molecular weight excluding hydrogens is 377 g/mol. The van der Waals surface area contributed by atoms with Crippen molar-refractivity contribution in [2.75, 3.05) is 19.7 Å². The first-order chi connectivity index (χ1) is 9.63. The van der Waals surface area contributed by atoms with Gasteiger partial charge in [0.05, 0.1) is 6.61 Å². The van der Waals surface area contributed by atoms with Crippen molar-refractivity contribution in [2.24, 2.45) is 4.99 Å². The van der Waals surface area contributed by atoms with E-state index in [1.165, 1.54) is 5.56 Å². The number of nitrogens with zero attached hydrogens (tertiary/aromatic N) is 1. The summed E-state index contributed by atoms with van der Waals surface area (Å²) in [5.74, 6) is 1.84. The van der Waals surface area contributed by atoms with Crippen LogP contribution in [0.15, 0.2) is 29.3 Å². The minimum atomic E-state index is 0. The van der Waals surface area contributed by atoms with Crippen molar-refractivity contribution in [1.82, 2.24) is 10.6 Å². The number of rotatable bonds is 7. The number of hydrogen-bond donors (Lipinski definition) is 2. The quantitative estimate of drug-likeness (QED) is 0.317. The van der Waals surface area contributed by atoms with Gasteiger partial charge in [0.15, 0.2) is 5.96 Å². The maximum absolute atomic E-state index is 5.75. The Morgan fingerprint density at radius 1 is 1.29 bits per heavy atom. The molecule has 0 saturated heterocycles. The van der Waals surface area contributed by atoms with E-state index in [1.54, 1.807) is 0 Å². The molecule has 0 aliphatic heterocycles. The van der Waals surface area contributed by atoms with Crippen LogP contribution in [0, 0.1) is 6.92 Å². The van der Waals surface area contributed by atoms with Crippen molar-refractivity contribution in [3.63, 3.8) is 0 Å². The van der Waals surface area contributed by atoms with E-state index in [-0.39, 0.29) is 24.0 Å². The van der Waals surface area contributed by atoms with Crippen LogP contribution in [0.1, 0.15) is 32.8 Å². The lowest BCUT2D eigenvalue weighted by atomic mass is 10.2. The van der Waals surface area contributed by atoms with Gasteiger partial charge in [-0.1, -0.05) is 18.2 Å². The Kier molecular flexibility index (Phi) is 11.1. The monoisotopic (exact) mass is 405 g/mol. The molecule has 0 saturated carbocycles. The molecule has 4 nitrogen and oxygen atoms in total. The van der Waals surface area contributed by atoms with E-state index >= 15 is 0 Å². The van der Waals surface area contributed by atoms with E-state index < -0.39 is 0 Å². The summed E-state index contributed by atoms with van der Waals surface area (Å²) >= 11 is 0. The largest absolute Gasteiger partial charge is 0.493 e. The minimum absolute atomic E-state index is 0. The summed E-state index contributed by atoms with van der Waals surface area (Å²) in [6.07, 6.45) is 0.906. The van der Waals surface area contributed by atoms with Crippen LogP contribution in [0.4, 0.5) is 0 Å². The van der Waals surface area contributed by atoms with E-state index in [2.05, 4.69) is 49.4 Å². The number of halogens is 1. The fraction of sp³-hybridized carbons (Fsp3) is 0.562. The number of aryl methyl sites for hydroxylation is 1. The Balaban J connectivity index is 0.00000400. The number of ether oxygens (including phenoxy) is 1. The van der Waals surface area contributed by atoms with Gasteiger partial charge in [0.2, 0.25) is 0 Å². The van der Waals surface area contributed by atoms with Gasteiger partial charge < -0.3 is 15.4 Å². The summed E-state index contributed by atoms with van der Waals surface area (Å²) in [4.78, 5) is 4.52. The summed E-state index contributed by atoms with van der Waals surface area (Å²) in [5, 5.41) is 6.53. The Hall–Kier alpha value is -0.980. The van der Waals surface area contributed by atoms with Crippen molar-refractivity contribution in [1.29, 1.82) is 0 Å². The third kappa shape index (κ3) is 8.80. The second kappa shape index (κ2) is 11.7. The van der Waals surface area contributed by atoms with E-state index in [0.29, 0.717) is 12.6 Å². The van der Waals surface area contributed by atoms with Crippen LogP contribution in [0.2, 0.25) is 0 Å². The summed E-state index contributed by atoms with van der Waals surface area (Å²) in [6, 6.07) is 8.46. The molecule has 1 rings (SSSR count). The Morgan fingerprint density at radius 3 is 2.62 bits per heavy atom. The second-order valence-corrected chi connectivity index (χ2v) is 5.03. The van der Waals surface area contributed by atoms with Gasteiger partial charge >= 0.3 is 0 Å². The third-order valence-corrected chi connectivity index (χ3v) is 2.69. The van der Waals surface area contributed by atoms with Gasteiger partial charge in [0, 0.05) is 25.6 Å². The summed E-state index contributed by atoms with van der Waals surface area (Å²) in [7, 11) is 0. The lowest BCUT2D eigenvalue weighted by Gasteiger charge is -2.14. The summed E-state index contributed by atoms with van der Waals surface area (Å²) < 4.78 is 5.75. The molecule has 2 N–H and O–H groups in total. The van der Waals surface area contributed by atoms with Crippen molar-refractivity contribution in [3.05, 3.63) is 29.8 Å². The van der Waals surface area contributed by atoms with E-state index in [9.17, 15) is 0 Å². The molecule has 120 valence electrons. The zero-order valence-corrected chi connectivity index (χ0v) is 15.8. The van der Waals surface area contributed by atoms with E-state index in [1.807, 2.05) is 18.2 Å². The zero-order chi connectivity index (χ0) is 14.8. The standard InChI is InChI=1S/C16H27N3O.HI/c1-5-17-16(19-13(2)3)18-11-8-12-20-15-10-7-6-9-14(15)4;/h6-7,9-10,13H,5,8,11-12H2,1-4H3,(H2,17,18,19);1H. The molecule has 1 aromatic rings. The van der Waals surface area contributed by atoms with Gasteiger partial charge in [0.25, 0.3) is 0 Å². The predicted octanol–water partition coefficient (Wildman–Crippen LogP) is 3.35. The van der Waals surface area contributed by atoms with Crippen LogP contribution in [-0.4, -0.2) is 31.7 Å². The van der Waals surface area contributed by atoms with Crippen molar-refractivity contribution in [2.45, 2.75) is 40.2 Å². The molecule has 0 amide bonds. The normalized spacial score (nSPS) is 11.0. The Labute approximate surface area is 145 Å². The predicted molar refractivity (Wildman–Crippen MR) is 101 cm³/mol. The molecule has 0 spiro atoms. The lowest BCUT2D eigenvalue weighted by molar-refractivity contribution is 0.311. The first-order valence-electron chi connectivity index (χ1n) is 7.36. The Morgan fingerprint density at radius 2 is 2.00 bits per heavy atom. The second-order valence-electron chi connectivity index (χ2n) is 5.03. The van der Waals surface area contributed by atoms with Gasteiger partial charge in [-0.05, 0) is 39.3 Å². The number of aliphatic imine (C=N–C) groups is 1. The van der Waals surface area contributed by atoms with Crippen LogP contribution >= 0.6 is 24.0 Å².